The highest BCUT2D eigenvalue weighted by Gasteiger charge is 2.37. The molecule has 1 unspecified atom stereocenters. The van der Waals surface area contributed by atoms with Gasteiger partial charge in [-0.2, -0.15) is 0 Å². The van der Waals surface area contributed by atoms with E-state index < -0.39 is 46.7 Å². The normalized spacial score (nSPS) is 17.1. The largest absolute Gasteiger partial charge is 0.481 e. The number of ether oxygens (including phenoxy) is 1. The second kappa shape index (κ2) is 6.48. The Balaban J connectivity index is 2.53. The number of nitrogens with two attached hydrogens (primary N) is 1. The van der Waals surface area contributed by atoms with Crippen molar-refractivity contribution < 1.29 is 32.6 Å². The quantitative estimate of drug-likeness (QED) is 0.701. The van der Waals surface area contributed by atoms with Crippen molar-refractivity contribution in [1.82, 2.24) is 0 Å². The van der Waals surface area contributed by atoms with E-state index in [1.54, 1.807) is 0 Å². The van der Waals surface area contributed by atoms with Crippen LogP contribution in [-0.4, -0.2) is 49.7 Å². The highest BCUT2D eigenvalue weighted by molar-refractivity contribution is 7.91. The van der Waals surface area contributed by atoms with Crippen LogP contribution in [0.1, 0.15) is 13.3 Å². The number of hydrogen-bond acceptors (Lipinski definition) is 6. The molecule has 130 valence electrons. The van der Waals surface area contributed by atoms with Gasteiger partial charge in [0.2, 0.25) is 5.91 Å². The van der Waals surface area contributed by atoms with Gasteiger partial charge in [0.1, 0.15) is 12.3 Å². The number of sulfone groups is 1. The van der Waals surface area contributed by atoms with E-state index in [-0.39, 0.29) is 22.1 Å². The van der Waals surface area contributed by atoms with E-state index in [0.717, 1.165) is 4.90 Å². The molecule has 1 heterocycles. The molecule has 0 aliphatic carbocycles. The van der Waals surface area contributed by atoms with Gasteiger partial charge in [-0.1, -0.05) is 6.92 Å². The monoisotopic (exact) mass is 356 g/mol. The summed E-state index contributed by atoms with van der Waals surface area (Å²) in [5.41, 5.74) is 5.20. The number of carboxylic acid groups (broad SMARTS) is 1. The first-order chi connectivity index (χ1) is 11.2. The number of hydrogen-bond donors (Lipinski definition) is 2. The molecule has 24 heavy (non-hydrogen) atoms. The number of carboxylic acids is 1. The second-order valence-corrected chi connectivity index (χ2v) is 7.41. The van der Waals surface area contributed by atoms with E-state index in [0.29, 0.717) is 0 Å². The van der Waals surface area contributed by atoms with Crippen molar-refractivity contribution in [3.8, 4) is 5.75 Å². The first-order valence-corrected chi connectivity index (χ1v) is 8.66. The van der Waals surface area contributed by atoms with Gasteiger partial charge < -0.3 is 15.6 Å². The van der Waals surface area contributed by atoms with Crippen LogP contribution >= 0.6 is 0 Å². The fourth-order valence-corrected chi connectivity index (χ4v) is 3.17. The number of carbonyl (C=O) groups is 3. The summed E-state index contributed by atoms with van der Waals surface area (Å²) in [7, 11) is -3.54. The predicted molar refractivity (Wildman–Crippen MR) is 82.4 cm³/mol. The Hall–Kier alpha value is -2.62. The van der Waals surface area contributed by atoms with Gasteiger partial charge >= 0.3 is 5.97 Å². The zero-order valence-electron chi connectivity index (χ0n) is 12.8. The number of anilines is 1. The van der Waals surface area contributed by atoms with Crippen molar-refractivity contribution in [1.29, 1.82) is 0 Å². The van der Waals surface area contributed by atoms with Crippen LogP contribution in [0, 0.1) is 0 Å². The lowest BCUT2D eigenvalue weighted by molar-refractivity contribution is -0.142. The minimum Gasteiger partial charge on any atom is -0.481 e. The van der Waals surface area contributed by atoms with E-state index in [1.807, 2.05) is 0 Å². The van der Waals surface area contributed by atoms with E-state index in [2.05, 4.69) is 0 Å². The smallest absolute Gasteiger partial charge is 0.307 e. The van der Waals surface area contributed by atoms with Gasteiger partial charge in [-0.05, 0) is 18.2 Å². The lowest BCUT2D eigenvalue weighted by Gasteiger charge is -2.33. The van der Waals surface area contributed by atoms with E-state index in [4.69, 9.17) is 15.6 Å². The SMILES string of the molecule is CCS(=O)(=O)c1ccc2c(c1)N(CC(N)=O)C(=O)C(CC(=O)O)O2. The Morgan fingerprint density at radius 1 is 1.38 bits per heavy atom. The van der Waals surface area contributed by atoms with Crippen molar-refractivity contribution >= 4 is 33.3 Å². The number of benzene rings is 1. The zero-order chi connectivity index (χ0) is 18.1. The topological polar surface area (TPSA) is 144 Å². The van der Waals surface area contributed by atoms with Crippen molar-refractivity contribution in [3.05, 3.63) is 18.2 Å². The molecule has 0 saturated heterocycles. The average molecular weight is 356 g/mol. The number of nitrogens with zero attached hydrogens (tertiary/aromatic N) is 1. The molecule has 1 aliphatic rings. The highest BCUT2D eigenvalue weighted by Crippen LogP contribution is 2.36. The Morgan fingerprint density at radius 2 is 2.04 bits per heavy atom. The predicted octanol–water partition coefficient (Wildman–Crippen LogP) is -0.466. The fraction of sp³-hybridized carbons (Fsp3) is 0.357. The maximum atomic E-state index is 12.4. The molecule has 0 aromatic heterocycles. The van der Waals surface area contributed by atoms with Gasteiger partial charge in [0, 0.05) is 0 Å². The molecule has 1 aliphatic heterocycles. The van der Waals surface area contributed by atoms with E-state index in [1.165, 1.54) is 25.1 Å². The molecule has 0 radical (unpaired) electrons. The first kappa shape index (κ1) is 17.7. The summed E-state index contributed by atoms with van der Waals surface area (Å²) in [4.78, 5) is 35.4. The summed E-state index contributed by atoms with van der Waals surface area (Å²) in [5.74, 6) is -2.88. The molecular formula is C14H16N2O7S. The lowest BCUT2D eigenvalue weighted by atomic mass is 10.1. The minimum atomic E-state index is -3.54. The Bertz CT molecular complexity index is 803. The standard InChI is InChI=1S/C14H16N2O7S/c1-2-24(21,22)8-3-4-10-9(5-8)16(7-12(15)17)14(20)11(23-10)6-13(18)19/h3-5,11H,2,6-7H2,1H3,(H2,15,17)(H,18,19). The van der Waals surface area contributed by atoms with Crippen LogP contribution in [0.2, 0.25) is 0 Å². The van der Waals surface area contributed by atoms with Crippen LogP contribution in [0.3, 0.4) is 0 Å². The summed E-state index contributed by atoms with van der Waals surface area (Å²) < 4.78 is 29.3. The Morgan fingerprint density at radius 3 is 2.58 bits per heavy atom. The Kier molecular flexibility index (Phi) is 4.78. The zero-order valence-corrected chi connectivity index (χ0v) is 13.6. The van der Waals surface area contributed by atoms with Gasteiger partial charge in [-0.25, -0.2) is 8.42 Å². The molecule has 2 amide bonds. The third kappa shape index (κ3) is 3.48. The van der Waals surface area contributed by atoms with E-state index >= 15 is 0 Å². The summed E-state index contributed by atoms with van der Waals surface area (Å²) >= 11 is 0. The molecule has 9 nitrogen and oxygen atoms in total. The van der Waals surface area contributed by atoms with Gasteiger partial charge in [0.25, 0.3) is 5.91 Å². The van der Waals surface area contributed by atoms with Gasteiger partial charge in [0.15, 0.2) is 15.9 Å². The number of amides is 2. The van der Waals surface area contributed by atoms with Crippen LogP contribution in [-0.2, 0) is 24.2 Å². The second-order valence-electron chi connectivity index (χ2n) is 5.13. The van der Waals surface area contributed by atoms with Crippen LogP contribution in [0.4, 0.5) is 5.69 Å². The first-order valence-electron chi connectivity index (χ1n) is 7.00. The van der Waals surface area contributed by atoms with Crippen molar-refractivity contribution in [3.63, 3.8) is 0 Å². The van der Waals surface area contributed by atoms with Gasteiger partial charge in [0.05, 0.1) is 22.8 Å². The van der Waals surface area contributed by atoms with Crippen molar-refractivity contribution in [2.75, 3.05) is 17.2 Å². The number of primary amides is 1. The maximum absolute atomic E-state index is 12.4. The Labute approximate surface area is 137 Å². The third-order valence-corrected chi connectivity index (χ3v) is 5.18. The molecule has 0 bridgehead atoms. The lowest BCUT2D eigenvalue weighted by Crippen LogP contribution is -2.49. The number of fused-ring (bicyclic) bond motifs is 1. The van der Waals surface area contributed by atoms with E-state index in [9.17, 15) is 22.8 Å². The molecule has 1 atom stereocenters. The molecule has 0 fully saturated rings. The molecule has 0 saturated carbocycles. The van der Waals surface area contributed by atoms with Crippen LogP contribution in [0.5, 0.6) is 5.75 Å². The summed E-state index contributed by atoms with van der Waals surface area (Å²) in [6.07, 6.45) is -1.91. The van der Waals surface area contributed by atoms with Crippen LogP contribution in [0.15, 0.2) is 23.1 Å². The van der Waals surface area contributed by atoms with Crippen LogP contribution in [0.25, 0.3) is 0 Å². The highest BCUT2D eigenvalue weighted by atomic mass is 32.2. The number of aliphatic carboxylic acids is 1. The van der Waals surface area contributed by atoms with Crippen molar-refractivity contribution in [2.45, 2.75) is 24.3 Å². The number of carbonyl (C=O) groups excluding carboxylic acids is 2. The fourth-order valence-electron chi connectivity index (χ4n) is 2.27. The van der Waals surface area contributed by atoms with Gasteiger partial charge in [-0.3, -0.25) is 19.3 Å². The summed E-state index contributed by atoms with van der Waals surface area (Å²) in [5, 5.41) is 8.86. The molecule has 3 N–H and O–H groups in total. The number of rotatable bonds is 6. The third-order valence-electron chi connectivity index (χ3n) is 3.45. The van der Waals surface area contributed by atoms with Crippen molar-refractivity contribution in [2.24, 2.45) is 5.73 Å². The maximum Gasteiger partial charge on any atom is 0.307 e. The van der Waals surface area contributed by atoms with Crippen LogP contribution < -0.4 is 15.4 Å². The summed E-state index contributed by atoms with van der Waals surface area (Å²) in [6, 6.07) is 3.84. The molecule has 1 aromatic carbocycles. The molecule has 1 aromatic rings. The molecule has 10 heteroatoms. The molecular weight excluding hydrogens is 340 g/mol. The molecule has 0 spiro atoms. The van der Waals surface area contributed by atoms with Gasteiger partial charge in [-0.15, -0.1) is 0 Å². The molecule has 2 rings (SSSR count). The average Bonchev–Trinajstić information content (AvgIpc) is 2.50. The minimum absolute atomic E-state index is 0.0358. The summed E-state index contributed by atoms with van der Waals surface area (Å²) in [6.45, 7) is 0.960.